The van der Waals surface area contributed by atoms with Gasteiger partial charge in [0.05, 0.1) is 11.4 Å². The molecule has 2 heterocycles. The number of rotatable bonds is 5. The van der Waals surface area contributed by atoms with Crippen molar-refractivity contribution < 1.29 is 0 Å². The second-order valence-electron chi connectivity index (χ2n) is 6.73. The van der Waals surface area contributed by atoms with Crippen LogP contribution in [0.4, 0.5) is 5.69 Å². The van der Waals surface area contributed by atoms with Gasteiger partial charge >= 0.3 is 5.69 Å². The number of H-pyrrole nitrogens is 2. The van der Waals surface area contributed by atoms with Crippen molar-refractivity contribution in [1.29, 1.82) is 0 Å². The van der Waals surface area contributed by atoms with Gasteiger partial charge < -0.3 is 4.90 Å². The number of hydrogen-bond donors (Lipinski definition) is 2. The maximum Gasteiger partial charge on any atom is 0.326 e. The molecule has 0 radical (unpaired) electrons. The van der Waals surface area contributed by atoms with Crippen LogP contribution in [-0.2, 0) is 12.8 Å². The second kappa shape index (κ2) is 7.07. The van der Waals surface area contributed by atoms with E-state index in [0.29, 0.717) is 11.3 Å². The highest BCUT2D eigenvalue weighted by Crippen LogP contribution is 2.26. The van der Waals surface area contributed by atoms with E-state index < -0.39 is 0 Å². The van der Waals surface area contributed by atoms with Crippen LogP contribution in [0.5, 0.6) is 0 Å². The van der Waals surface area contributed by atoms with Crippen molar-refractivity contribution >= 4 is 17.0 Å². The molecular weight excluding hydrogens is 338 g/mol. The summed E-state index contributed by atoms with van der Waals surface area (Å²) in [7, 11) is 4.02. The molecule has 0 aliphatic heterocycles. The fraction of sp³-hybridized carbons (Fsp3) is 0.190. The first-order valence-electron chi connectivity index (χ1n) is 8.91. The van der Waals surface area contributed by atoms with Crippen LogP contribution in [-0.4, -0.2) is 34.0 Å². The summed E-state index contributed by atoms with van der Waals surface area (Å²) in [4.78, 5) is 28.6. The van der Waals surface area contributed by atoms with Crippen LogP contribution in [0.15, 0.2) is 59.4 Å². The first-order valence-corrected chi connectivity index (χ1v) is 8.91. The summed E-state index contributed by atoms with van der Waals surface area (Å²) < 4.78 is 0. The first-order chi connectivity index (χ1) is 13.1. The average molecular weight is 359 g/mol. The molecule has 0 amide bonds. The average Bonchev–Trinajstić information content (AvgIpc) is 3.05. The van der Waals surface area contributed by atoms with Crippen LogP contribution < -0.4 is 10.6 Å². The van der Waals surface area contributed by atoms with Crippen molar-refractivity contribution in [2.24, 2.45) is 0 Å². The fourth-order valence-corrected chi connectivity index (χ4v) is 3.14. The molecule has 2 N–H and O–H groups in total. The zero-order valence-corrected chi connectivity index (χ0v) is 15.4. The van der Waals surface area contributed by atoms with Crippen molar-refractivity contribution in [3.8, 4) is 11.3 Å². The lowest BCUT2D eigenvalue weighted by Gasteiger charge is -2.14. The van der Waals surface area contributed by atoms with E-state index in [9.17, 15) is 4.79 Å². The standard InChI is InChI=1S/C21H21N5O/c1-26(2)16-10-6-9-15(13-16)18-17(12-11-14-7-4-3-5-8-14)22-19-20(23-18)25-21(27)24-19/h3-10,13H,11-12H2,1-2H3,(H2,22,23,24,25,27). The van der Waals surface area contributed by atoms with E-state index in [0.717, 1.165) is 35.5 Å². The van der Waals surface area contributed by atoms with Crippen LogP contribution in [0.25, 0.3) is 22.6 Å². The van der Waals surface area contributed by atoms with Gasteiger partial charge in [0.15, 0.2) is 11.3 Å². The number of imidazole rings is 1. The minimum atomic E-state index is -0.293. The van der Waals surface area contributed by atoms with E-state index in [1.807, 2.05) is 44.4 Å². The monoisotopic (exact) mass is 359 g/mol. The zero-order valence-electron chi connectivity index (χ0n) is 15.4. The lowest BCUT2D eigenvalue weighted by molar-refractivity contribution is 0.913. The highest BCUT2D eigenvalue weighted by Gasteiger charge is 2.14. The summed E-state index contributed by atoms with van der Waals surface area (Å²) in [5.41, 5.74) is 5.68. The molecule has 136 valence electrons. The topological polar surface area (TPSA) is 77.7 Å². The molecule has 27 heavy (non-hydrogen) atoms. The lowest BCUT2D eigenvalue weighted by atomic mass is 10.0. The molecule has 6 heteroatoms. The molecule has 4 rings (SSSR count). The Bertz CT molecular complexity index is 1130. The fourth-order valence-electron chi connectivity index (χ4n) is 3.14. The highest BCUT2D eigenvalue weighted by molar-refractivity contribution is 5.74. The van der Waals surface area contributed by atoms with E-state index in [-0.39, 0.29) is 5.69 Å². The summed E-state index contributed by atoms with van der Waals surface area (Å²) in [5, 5.41) is 0. The minimum absolute atomic E-state index is 0.293. The van der Waals surface area contributed by atoms with Crippen LogP contribution >= 0.6 is 0 Å². The maximum atomic E-state index is 11.7. The number of fused-ring (bicyclic) bond motifs is 1. The zero-order chi connectivity index (χ0) is 18.8. The summed E-state index contributed by atoms with van der Waals surface area (Å²) in [6, 6.07) is 18.5. The molecule has 0 unspecified atom stereocenters. The van der Waals surface area contributed by atoms with Gasteiger partial charge in [-0.05, 0) is 30.5 Å². The molecule has 4 aromatic rings. The molecule has 6 nitrogen and oxygen atoms in total. The molecule has 0 saturated carbocycles. The predicted molar refractivity (Wildman–Crippen MR) is 108 cm³/mol. The van der Waals surface area contributed by atoms with Crippen molar-refractivity contribution in [2.75, 3.05) is 19.0 Å². The van der Waals surface area contributed by atoms with Crippen molar-refractivity contribution in [3.05, 3.63) is 76.3 Å². The van der Waals surface area contributed by atoms with E-state index >= 15 is 0 Å². The first kappa shape index (κ1) is 17.0. The van der Waals surface area contributed by atoms with Crippen molar-refractivity contribution in [1.82, 2.24) is 19.9 Å². The molecular formula is C21H21N5O. The lowest BCUT2D eigenvalue weighted by Crippen LogP contribution is -2.08. The maximum absolute atomic E-state index is 11.7. The third-order valence-corrected chi connectivity index (χ3v) is 4.56. The summed E-state index contributed by atoms with van der Waals surface area (Å²) in [5.74, 6) is 0. The number of aryl methyl sites for hydroxylation is 2. The quantitative estimate of drug-likeness (QED) is 0.574. The third kappa shape index (κ3) is 3.60. The minimum Gasteiger partial charge on any atom is -0.378 e. The largest absolute Gasteiger partial charge is 0.378 e. The molecule has 0 aliphatic rings. The van der Waals surface area contributed by atoms with Gasteiger partial charge in [-0.1, -0.05) is 42.5 Å². The number of aromatic amines is 2. The van der Waals surface area contributed by atoms with Gasteiger partial charge in [-0.15, -0.1) is 0 Å². The van der Waals surface area contributed by atoms with E-state index in [1.54, 1.807) is 0 Å². The van der Waals surface area contributed by atoms with Crippen LogP contribution in [0.3, 0.4) is 0 Å². The van der Waals surface area contributed by atoms with Gasteiger partial charge in [-0.25, -0.2) is 14.8 Å². The second-order valence-corrected chi connectivity index (χ2v) is 6.73. The summed E-state index contributed by atoms with van der Waals surface area (Å²) in [6.07, 6.45) is 1.59. The Labute approximate surface area is 156 Å². The van der Waals surface area contributed by atoms with E-state index in [2.05, 4.69) is 39.1 Å². The Morgan fingerprint density at radius 3 is 2.37 bits per heavy atom. The number of aromatic nitrogens is 4. The molecule has 0 spiro atoms. The molecule has 0 bridgehead atoms. The molecule has 0 fully saturated rings. The van der Waals surface area contributed by atoms with Gasteiger partial charge in [0.1, 0.15) is 0 Å². The van der Waals surface area contributed by atoms with Gasteiger partial charge in [0.2, 0.25) is 0 Å². The number of nitrogens with one attached hydrogen (secondary N) is 2. The van der Waals surface area contributed by atoms with Gasteiger partial charge in [-0.3, -0.25) is 9.97 Å². The smallest absolute Gasteiger partial charge is 0.326 e. The number of benzene rings is 2. The molecule has 2 aromatic carbocycles. The van der Waals surface area contributed by atoms with Crippen molar-refractivity contribution in [3.63, 3.8) is 0 Å². The number of hydrogen-bond acceptors (Lipinski definition) is 4. The summed E-state index contributed by atoms with van der Waals surface area (Å²) >= 11 is 0. The highest BCUT2D eigenvalue weighted by atomic mass is 16.1. The normalized spacial score (nSPS) is 11.0. The Balaban J connectivity index is 1.79. The van der Waals surface area contributed by atoms with Gasteiger partial charge in [0.25, 0.3) is 0 Å². The van der Waals surface area contributed by atoms with Gasteiger partial charge in [0, 0.05) is 25.3 Å². The van der Waals surface area contributed by atoms with Crippen LogP contribution in [0, 0.1) is 0 Å². The molecule has 0 atom stereocenters. The Morgan fingerprint density at radius 2 is 1.63 bits per heavy atom. The Hall–Kier alpha value is -3.41. The molecule has 0 saturated heterocycles. The van der Waals surface area contributed by atoms with E-state index in [1.165, 1.54) is 5.56 Å². The van der Waals surface area contributed by atoms with E-state index in [4.69, 9.17) is 9.97 Å². The van der Waals surface area contributed by atoms with Gasteiger partial charge in [-0.2, -0.15) is 0 Å². The number of anilines is 1. The van der Waals surface area contributed by atoms with Crippen LogP contribution in [0.2, 0.25) is 0 Å². The predicted octanol–water partition coefficient (Wildman–Crippen LogP) is 3.16. The Morgan fingerprint density at radius 1 is 0.889 bits per heavy atom. The Kier molecular flexibility index (Phi) is 4.46. The van der Waals surface area contributed by atoms with Crippen LogP contribution in [0.1, 0.15) is 11.3 Å². The SMILES string of the molecule is CN(C)c1cccc(-c2nc3[nH]c(=O)[nH]c3nc2CCc2ccccc2)c1. The third-order valence-electron chi connectivity index (χ3n) is 4.56. The molecule has 0 aliphatic carbocycles. The molecule has 2 aromatic heterocycles. The van der Waals surface area contributed by atoms with Crippen molar-refractivity contribution in [2.45, 2.75) is 12.8 Å². The number of nitrogens with zero attached hydrogens (tertiary/aromatic N) is 3. The summed E-state index contributed by atoms with van der Waals surface area (Å²) in [6.45, 7) is 0.